The molecule has 8 fully saturated rings. The zero-order chi connectivity index (χ0) is 61.8. The van der Waals surface area contributed by atoms with E-state index in [1.54, 1.807) is 0 Å². The number of aliphatic hydroxyl groups excluding tert-OH is 8. The van der Waals surface area contributed by atoms with Crippen LogP contribution in [0.5, 0.6) is 0 Å². The third-order valence-corrected chi connectivity index (χ3v) is 21.4. The highest BCUT2D eigenvalue weighted by Gasteiger charge is 2.76. The Labute approximate surface area is 488 Å². The highest BCUT2D eigenvalue weighted by atomic mass is 32.3. The predicted molar refractivity (Wildman–Crippen MR) is 282 cm³/mol. The van der Waals surface area contributed by atoms with Gasteiger partial charge in [0, 0.05) is 31.3 Å². The number of ketones is 1. The Morgan fingerprint density at radius 3 is 1.95 bits per heavy atom. The van der Waals surface area contributed by atoms with Crippen LogP contribution in [-0.4, -0.2) is 234 Å². The maximum absolute atomic E-state index is 14.4. The minimum atomic E-state index is -5.21. The number of cyclic esters (lactones) is 1. The lowest BCUT2D eigenvalue weighted by Crippen LogP contribution is -2.67. The van der Waals surface area contributed by atoms with Gasteiger partial charge in [-0.15, -0.1) is 0 Å². The minimum Gasteiger partial charge on any atom is -0.458 e. The maximum atomic E-state index is 14.4. The summed E-state index contributed by atoms with van der Waals surface area (Å²) in [6.07, 6.45) is -27.4. The summed E-state index contributed by atoms with van der Waals surface area (Å²) in [7, 11) is -9.25. The Kier molecular flexibility index (Phi) is 19.2. The third-order valence-electron chi connectivity index (χ3n) is 20.5. The Morgan fingerprint density at radius 1 is 0.702 bits per heavy atom. The summed E-state index contributed by atoms with van der Waals surface area (Å²) < 4.78 is 135. The monoisotopic (exact) mass is 1250 g/mol. The Bertz CT molecular complexity index is 2640. The zero-order valence-corrected chi connectivity index (χ0v) is 50.2. The molecule has 4 aliphatic carbocycles. The summed E-state index contributed by atoms with van der Waals surface area (Å²) in [5.41, 5.74) is -1.82. The number of methoxy groups -OCH3 is 1. The highest BCUT2D eigenvalue weighted by Crippen LogP contribution is 2.76. The van der Waals surface area contributed by atoms with E-state index in [0.717, 1.165) is 26.4 Å². The predicted octanol–water partition coefficient (Wildman–Crippen LogP) is -0.475. The normalized spacial score (nSPS) is 48.6. The Hall–Kier alpha value is -2.06. The molecule has 27 atom stereocenters. The molecule has 0 aromatic rings. The number of allylic oxidation sites excluding steroid dienone is 2. The second kappa shape index (κ2) is 24.3. The number of carbonyl (C=O) groups excluding carboxylic acids is 2. The van der Waals surface area contributed by atoms with Crippen LogP contribution in [0.25, 0.3) is 0 Å². The molecule has 5 saturated heterocycles. The van der Waals surface area contributed by atoms with Crippen LogP contribution in [-0.2, 0) is 86.1 Å². The van der Waals surface area contributed by atoms with Crippen molar-refractivity contribution in [1.29, 1.82) is 0 Å². The average Bonchev–Trinajstić information content (AvgIpc) is 1.44. The van der Waals surface area contributed by atoms with Crippen LogP contribution in [0, 0.1) is 45.3 Å². The van der Waals surface area contributed by atoms with Crippen LogP contribution in [0.1, 0.15) is 113 Å². The summed E-state index contributed by atoms with van der Waals surface area (Å²) in [5, 5.41) is 89.6. The van der Waals surface area contributed by atoms with E-state index in [0.29, 0.717) is 32.1 Å². The van der Waals surface area contributed by atoms with Gasteiger partial charge in [0.05, 0.1) is 37.4 Å². The largest absolute Gasteiger partial charge is 0.458 e. The molecule has 30 heteroatoms. The lowest BCUT2D eigenvalue weighted by atomic mass is 9.41. The molecule has 0 aromatic heterocycles. The van der Waals surface area contributed by atoms with Crippen molar-refractivity contribution >= 4 is 32.6 Å². The molecule has 9 aliphatic rings. The number of aliphatic hydroxyl groups is 8. The molecule has 84 heavy (non-hydrogen) atoms. The molecule has 1 spiro atoms. The van der Waals surface area contributed by atoms with Crippen molar-refractivity contribution in [2.24, 2.45) is 45.3 Å². The topological polar surface area (TPSA) is 415 Å². The molecule has 3 saturated carbocycles. The highest BCUT2D eigenvalue weighted by molar-refractivity contribution is 7.81. The van der Waals surface area contributed by atoms with Crippen LogP contribution in [0.3, 0.4) is 0 Å². The molecular formula is C54H86O28S2. The van der Waals surface area contributed by atoms with Crippen LogP contribution in [0.15, 0.2) is 11.6 Å². The van der Waals surface area contributed by atoms with E-state index in [4.69, 9.17) is 51.6 Å². The number of Topliss-reactive ketones (excluding diaryl/α,β-unsaturated/α-hetero) is 1. The van der Waals surface area contributed by atoms with Gasteiger partial charge in [0.1, 0.15) is 96.8 Å². The zero-order valence-electron chi connectivity index (χ0n) is 48.6. The molecule has 5 heterocycles. The maximum Gasteiger partial charge on any atom is 0.397 e. The summed E-state index contributed by atoms with van der Waals surface area (Å²) >= 11 is 0. The van der Waals surface area contributed by atoms with Crippen molar-refractivity contribution in [2.45, 2.75) is 242 Å². The van der Waals surface area contributed by atoms with Gasteiger partial charge in [-0.2, -0.15) is 16.8 Å². The second-order valence-electron chi connectivity index (χ2n) is 26.3. The van der Waals surface area contributed by atoms with E-state index in [1.165, 1.54) is 12.5 Å². The molecule has 0 radical (unpaired) electrons. The van der Waals surface area contributed by atoms with Gasteiger partial charge in [-0.1, -0.05) is 53.2 Å². The van der Waals surface area contributed by atoms with Crippen LogP contribution < -0.4 is 0 Å². The summed E-state index contributed by atoms with van der Waals surface area (Å²) in [4.78, 5) is 27.7. The van der Waals surface area contributed by atoms with E-state index < -0.39 is 185 Å². The fourth-order valence-corrected chi connectivity index (χ4v) is 17.3. The molecule has 28 nitrogen and oxygen atoms in total. The molecular weight excluding hydrogens is 1160 g/mol. The van der Waals surface area contributed by atoms with E-state index in [2.05, 4.69) is 38.0 Å². The Morgan fingerprint density at radius 2 is 1.32 bits per heavy atom. The van der Waals surface area contributed by atoms with Gasteiger partial charge in [-0.05, 0) is 87.4 Å². The van der Waals surface area contributed by atoms with Crippen LogP contribution in [0.2, 0.25) is 0 Å². The number of ether oxygens (including phenoxy) is 10. The molecule has 0 amide bonds. The average molecular weight is 1250 g/mol. The van der Waals surface area contributed by atoms with Gasteiger partial charge in [0.25, 0.3) is 0 Å². The van der Waals surface area contributed by atoms with Crippen molar-refractivity contribution in [1.82, 2.24) is 0 Å². The molecule has 10 N–H and O–H groups in total. The van der Waals surface area contributed by atoms with Gasteiger partial charge in [-0.25, -0.2) is 8.37 Å². The SMILES string of the molecule is CO[C@@H]1[C@@H](O)[C@H](O[C@@H]2[C@@H](O)[C@H](O[C@H]3[C@H](O)[C@@H](O)[C@H](O[C@H]4[C@H](O[C@H]5CC[C@]6(C)[C@H]7CC[C@]89C(=O)O[C@@](C)(CC(=O)CC(C)C)[C@H]8CC[C@@]9(C)C7=CC[C@H]6C5(C)C)OC[C@H](OS(=O)(=O)O)[C@@H]4O)O[C@@H]3C)O[C@H](COS(=O)(=O)O)[C@H]2O)O[C@H](CO)[C@H]1O. The van der Waals surface area contributed by atoms with Crippen molar-refractivity contribution in [3.8, 4) is 0 Å². The van der Waals surface area contributed by atoms with Gasteiger partial charge >= 0.3 is 26.8 Å². The van der Waals surface area contributed by atoms with Gasteiger partial charge in [0.15, 0.2) is 25.2 Å². The molecule has 5 aliphatic heterocycles. The summed E-state index contributed by atoms with van der Waals surface area (Å²) in [6.45, 7) is 13.3. The first-order chi connectivity index (χ1) is 39.0. The van der Waals surface area contributed by atoms with E-state index in [1.807, 2.05) is 20.8 Å². The van der Waals surface area contributed by atoms with Gasteiger partial charge in [0.2, 0.25) is 0 Å². The second-order valence-corrected chi connectivity index (χ2v) is 28.5. The van der Waals surface area contributed by atoms with Crippen LogP contribution in [0.4, 0.5) is 0 Å². The van der Waals surface area contributed by atoms with Gasteiger partial charge < -0.3 is 88.2 Å². The van der Waals surface area contributed by atoms with E-state index in [9.17, 15) is 76.4 Å². The number of rotatable bonds is 19. The number of carbonyl (C=O) groups is 2. The minimum absolute atomic E-state index is 0.00754. The third kappa shape index (κ3) is 12.0. The Balaban J connectivity index is 0.912. The van der Waals surface area contributed by atoms with Crippen molar-refractivity contribution in [3.05, 3.63) is 11.6 Å². The molecule has 0 bridgehead atoms. The first-order valence-electron chi connectivity index (χ1n) is 28.9. The smallest absolute Gasteiger partial charge is 0.397 e. The fraction of sp³-hybridized carbons (Fsp3) is 0.926. The van der Waals surface area contributed by atoms with Crippen molar-refractivity contribution in [3.63, 3.8) is 0 Å². The van der Waals surface area contributed by atoms with Crippen molar-refractivity contribution < 1.29 is 132 Å². The first kappa shape index (κ1) is 66.4. The molecule has 9 rings (SSSR count). The number of fused-ring (bicyclic) bond motifs is 4. The lowest BCUT2D eigenvalue weighted by molar-refractivity contribution is -0.389. The van der Waals surface area contributed by atoms with Crippen molar-refractivity contribution in [2.75, 3.05) is 26.9 Å². The van der Waals surface area contributed by atoms with E-state index in [-0.39, 0.29) is 47.3 Å². The van der Waals surface area contributed by atoms with E-state index >= 15 is 0 Å². The lowest BCUT2D eigenvalue weighted by Gasteiger charge is -2.64. The number of hydrogen-bond acceptors (Lipinski definition) is 26. The van der Waals surface area contributed by atoms with Gasteiger partial charge in [-0.3, -0.25) is 18.7 Å². The fourth-order valence-electron chi connectivity index (χ4n) is 16.5. The molecule has 482 valence electrons. The van der Waals surface area contributed by atoms with Crippen LogP contribution >= 0.6 is 0 Å². The molecule has 0 aromatic carbocycles. The number of esters is 1. The first-order valence-corrected chi connectivity index (χ1v) is 31.6. The quantitative estimate of drug-likeness (QED) is 0.0444. The standard InChI is InChI=1S/C54H86O28S2/c1-23(2)18-25(56)19-53(8)32-13-16-52(7)27-10-11-31-50(4,5)33(14-15-51(31,6)26(27)12-17-54(32,52)49(64)81-53)77-48-44(36(59)30(21-72-48)82-84(68,69)70)80-45-38(61)37(60)41(24(3)74-45)78-47-40(63)43(35(58)29(76-47)22-73-83(65,66)67)79-46-39(62)42(71-9)34(57)28(20-55)75-46/h10,23-24,26,28-48,55,57-63H,11-22H2,1-9H3,(H,65,66,67)(H,68,69,70)/t24-,26+,28-,29-,30+,31+,32-,33+,34-,35-,36+,37-,38-,39-,40-,41-,42+,43+,44-,45+,46+,47+,48+,51-,52+,53+,54-/m1/s1. The summed E-state index contributed by atoms with van der Waals surface area (Å²) in [5.74, 6) is 0.0274. The number of hydrogen-bond donors (Lipinski definition) is 10. The molecule has 0 unspecified atom stereocenters. The summed E-state index contributed by atoms with van der Waals surface area (Å²) in [6, 6.07) is 0.